The van der Waals surface area contributed by atoms with Gasteiger partial charge in [-0.15, -0.1) is 0 Å². The number of benzene rings is 2. The number of halogens is 1. The number of phenols is 1. The number of hydrogen-bond donors (Lipinski definition) is 4. The Bertz CT molecular complexity index is 703. The number of amides is 2. The average molecular weight is 290 g/mol. The van der Waals surface area contributed by atoms with Crippen molar-refractivity contribution < 1.29 is 24.2 Å². The van der Waals surface area contributed by atoms with E-state index >= 15 is 0 Å². The molecule has 0 saturated carbocycles. The lowest BCUT2D eigenvalue weighted by atomic mass is 10.2. The average Bonchev–Trinajstić information content (AvgIpc) is 2.43. The summed E-state index contributed by atoms with van der Waals surface area (Å²) in [5.74, 6) is -2.12. The standard InChI is InChI=1S/C14H11FN2O4/c15-9-3-1-2-4-10(9)16-14(21)17-11-7-8(13(19)20)5-6-12(11)18/h1-7,18H,(H,19,20)(H2,16,17,21). The van der Waals surface area contributed by atoms with E-state index in [1.54, 1.807) is 6.07 Å². The Morgan fingerprint density at radius 1 is 1.00 bits per heavy atom. The smallest absolute Gasteiger partial charge is 0.335 e. The summed E-state index contributed by atoms with van der Waals surface area (Å²) < 4.78 is 13.4. The highest BCUT2D eigenvalue weighted by atomic mass is 19.1. The highest BCUT2D eigenvalue weighted by Crippen LogP contribution is 2.24. The molecule has 0 unspecified atom stereocenters. The van der Waals surface area contributed by atoms with Crippen LogP contribution in [0.25, 0.3) is 0 Å². The van der Waals surface area contributed by atoms with E-state index in [4.69, 9.17) is 5.11 Å². The Hall–Kier alpha value is -3.09. The molecule has 7 heteroatoms. The van der Waals surface area contributed by atoms with Gasteiger partial charge in [0.05, 0.1) is 16.9 Å². The fourth-order valence-corrected chi connectivity index (χ4v) is 1.61. The number of nitrogens with one attached hydrogen (secondary N) is 2. The summed E-state index contributed by atoms with van der Waals surface area (Å²) in [6.07, 6.45) is 0. The lowest BCUT2D eigenvalue weighted by molar-refractivity contribution is 0.0697. The number of para-hydroxylation sites is 1. The molecule has 4 N–H and O–H groups in total. The van der Waals surface area contributed by atoms with E-state index in [1.165, 1.54) is 24.3 Å². The molecular formula is C14H11FN2O4. The first-order valence-corrected chi connectivity index (χ1v) is 5.86. The molecule has 108 valence electrons. The van der Waals surface area contributed by atoms with Crippen molar-refractivity contribution in [3.8, 4) is 5.75 Å². The number of carboxylic acids is 1. The summed E-state index contributed by atoms with van der Waals surface area (Å²) in [5.41, 5.74) is -0.235. The maximum absolute atomic E-state index is 13.4. The Kier molecular flexibility index (Phi) is 4.03. The molecule has 0 heterocycles. The van der Waals surface area contributed by atoms with Crippen LogP contribution in [0.2, 0.25) is 0 Å². The van der Waals surface area contributed by atoms with E-state index in [0.29, 0.717) is 0 Å². The Morgan fingerprint density at radius 2 is 1.67 bits per heavy atom. The van der Waals surface area contributed by atoms with Gasteiger partial charge in [0, 0.05) is 0 Å². The van der Waals surface area contributed by atoms with E-state index < -0.39 is 17.8 Å². The highest BCUT2D eigenvalue weighted by molar-refractivity contribution is 6.01. The first-order valence-electron chi connectivity index (χ1n) is 5.86. The van der Waals surface area contributed by atoms with Crippen LogP contribution in [0.15, 0.2) is 42.5 Å². The number of hydrogen-bond acceptors (Lipinski definition) is 3. The number of carbonyl (C=O) groups is 2. The molecule has 2 rings (SSSR count). The molecule has 0 aliphatic heterocycles. The Morgan fingerprint density at radius 3 is 2.33 bits per heavy atom. The van der Waals surface area contributed by atoms with Crippen molar-refractivity contribution >= 4 is 23.4 Å². The van der Waals surface area contributed by atoms with Gasteiger partial charge in [-0.1, -0.05) is 12.1 Å². The summed E-state index contributed by atoms with van der Waals surface area (Å²) >= 11 is 0. The number of aromatic hydroxyl groups is 1. The van der Waals surface area contributed by atoms with Gasteiger partial charge in [-0.2, -0.15) is 0 Å². The molecule has 0 saturated heterocycles. The topological polar surface area (TPSA) is 98.7 Å². The molecule has 21 heavy (non-hydrogen) atoms. The van der Waals surface area contributed by atoms with Crippen LogP contribution in [-0.4, -0.2) is 22.2 Å². The molecule has 0 spiro atoms. The molecule has 0 fully saturated rings. The van der Waals surface area contributed by atoms with Gasteiger partial charge in [-0.05, 0) is 30.3 Å². The van der Waals surface area contributed by atoms with E-state index in [9.17, 15) is 19.1 Å². The lowest BCUT2D eigenvalue weighted by Crippen LogP contribution is -2.20. The molecule has 2 aromatic rings. The summed E-state index contributed by atoms with van der Waals surface area (Å²) in [7, 11) is 0. The van der Waals surface area contributed by atoms with Crippen LogP contribution in [0.4, 0.5) is 20.6 Å². The second kappa shape index (κ2) is 5.91. The summed E-state index contributed by atoms with van der Waals surface area (Å²) in [4.78, 5) is 22.5. The van der Waals surface area contributed by atoms with Crippen molar-refractivity contribution in [1.82, 2.24) is 0 Å². The molecule has 0 bridgehead atoms. The van der Waals surface area contributed by atoms with Crippen LogP contribution in [0.1, 0.15) is 10.4 Å². The molecule has 2 aromatic carbocycles. The molecule has 2 amide bonds. The fourth-order valence-electron chi connectivity index (χ4n) is 1.61. The van der Waals surface area contributed by atoms with Crippen LogP contribution in [-0.2, 0) is 0 Å². The fraction of sp³-hybridized carbons (Fsp3) is 0. The second-order valence-electron chi connectivity index (χ2n) is 4.10. The van der Waals surface area contributed by atoms with Crippen molar-refractivity contribution in [1.29, 1.82) is 0 Å². The number of carbonyl (C=O) groups excluding carboxylic acids is 1. The van der Waals surface area contributed by atoms with Gasteiger partial charge in [-0.3, -0.25) is 0 Å². The minimum Gasteiger partial charge on any atom is -0.506 e. The van der Waals surface area contributed by atoms with Gasteiger partial charge in [-0.25, -0.2) is 14.0 Å². The third-order valence-electron chi connectivity index (χ3n) is 2.61. The predicted octanol–water partition coefficient (Wildman–Crippen LogP) is 2.87. The minimum absolute atomic E-state index is 0.0381. The normalized spacial score (nSPS) is 9.95. The van der Waals surface area contributed by atoms with Gasteiger partial charge in [0.2, 0.25) is 0 Å². The summed E-state index contributed by atoms with van der Waals surface area (Å²) in [6, 6.07) is 8.18. The molecule has 0 aromatic heterocycles. The quantitative estimate of drug-likeness (QED) is 0.653. The minimum atomic E-state index is -1.20. The molecule has 0 aliphatic rings. The van der Waals surface area contributed by atoms with Crippen LogP contribution >= 0.6 is 0 Å². The van der Waals surface area contributed by atoms with E-state index in [0.717, 1.165) is 12.1 Å². The van der Waals surface area contributed by atoms with E-state index in [1.807, 2.05) is 0 Å². The summed E-state index contributed by atoms with van der Waals surface area (Å²) in [5, 5.41) is 22.9. The largest absolute Gasteiger partial charge is 0.506 e. The van der Waals surface area contributed by atoms with Crippen molar-refractivity contribution in [2.24, 2.45) is 0 Å². The van der Waals surface area contributed by atoms with Crippen molar-refractivity contribution in [2.75, 3.05) is 10.6 Å². The van der Waals surface area contributed by atoms with Gasteiger partial charge in [0.25, 0.3) is 0 Å². The molecular weight excluding hydrogens is 279 g/mol. The van der Waals surface area contributed by atoms with Crippen molar-refractivity contribution in [3.63, 3.8) is 0 Å². The van der Waals surface area contributed by atoms with Crippen LogP contribution in [0.3, 0.4) is 0 Å². The third-order valence-corrected chi connectivity index (χ3v) is 2.61. The second-order valence-corrected chi connectivity index (χ2v) is 4.10. The van der Waals surface area contributed by atoms with Crippen LogP contribution < -0.4 is 10.6 Å². The molecule has 0 radical (unpaired) electrons. The monoisotopic (exact) mass is 290 g/mol. The number of urea groups is 1. The van der Waals surface area contributed by atoms with E-state index in [2.05, 4.69) is 10.6 Å². The number of carboxylic acid groups (broad SMARTS) is 1. The van der Waals surface area contributed by atoms with Crippen molar-refractivity contribution in [2.45, 2.75) is 0 Å². The number of rotatable bonds is 3. The van der Waals surface area contributed by atoms with E-state index in [-0.39, 0.29) is 22.7 Å². The maximum Gasteiger partial charge on any atom is 0.335 e. The van der Waals surface area contributed by atoms with Crippen LogP contribution in [0.5, 0.6) is 5.75 Å². The van der Waals surface area contributed by atoms with Gasteiger partial charge in [0.15, 0.2) is 0 Å². The zero-order valence-electron chi connectivity index (χ0n) is 10.6. The van der Waals surface area contributed by atoms with Gasteiger partial charge >= 0.3 is 12.0 Å². The summed E-state index contributed by atoms with van der Waals surface area (Å²) in [6.45, 7) is 0. The highest BCUT2D eigenvalue weighted by Gasteiger charge is 2.11. The first kappa shape index (κ1) is 14.3. The number of anilines is 2. The zero-order chi connectivity index (χ0) is 15.4. The van der Waals surface area contributed by atoms with Crippen LogP contribution in [0, 0.1) is 5.82 Å². The number of aromatic carboxylic acids is 1. The molecule has 0 atom stereocenters. The zero-order valence-corrected chi connectivity index (χ0v) is 10.6. The molecule has 0 aliphatic carbocycles. The first-order chi connectivity index (χ1) is 9.97. The predicted molar refractivity (Wildman–Crippen MR) is 74.1 cm³/mol. The maximum atomic E-state index is 13.4. The van der Waals surface area contributed by atoms with Gasteiger partial charge in [0.1, 0.15) is 11.6 Å². The Labute approximate surface area is 118 Å². The molecule has 6 nitrogen and oxygen atoms in total. The third kappa shape index (κ3) is 3.47. The Balaban J connectivity index is 2.15. The van der Waals surface area contributed by atoms with Gasteiger partial charge < -0.3 is 20.8 Å². The lowest BCUT2D eigenvalue weighted by Gasteiger charge is -2.10. The SMILES string of the molecule is O=C(Nc1cc(C(=O)O)ccc1O)Nc1ccccc1F. The van der Waals surface area contributed by atoms with Crippen molar-refractivity contribution in [3.05, 3.63) is 53.8 Å². The number of phenolic OH excluding ortho intramolecular Hbond substituents is 1.